The van der Waals surface area contributed by atoms with E-state index in [4.69, 9.17) is 4.42 Å². The fraction of sp³-hybridized carbons (Fsp3) is 0.111. The third kappa shape index (κ3) is 2.19. The van der Waals surface area contributed by atoms with Crippen LogP contribution < -0.4 is 5.32 Å². The summed E-state index contributed by atoms with van der Waals surface area (Å²) in [6.45, 7) is 2.60. The minimum absolute atomic E-state index is 0.698. The van der Waals surface area contributed by atoms with Crippen molar-refractivity contribution in [2.45, 2.75) is 13.5 Å². The summed E-state index contributed by atoms with van der Waals surface area (Å²) in [7, 11) is 0. The molecule has 0 atom stereocenters. The zero-order chi connectivity index (χ0) is 14.9. The second-order valence-electron chi connectivity index (χ2n) is 5.23. The number of nitrogens with zero attached hydrogens (tertiary/aromatic N) is 2. The molecule has 22 heavy (non-hydrogen) atoms. The van der Waals surface area contributed by atoms with Crippen LogP contribution in [0.2, 0.25) is 0 Å². The van der Waals surface area contributed by atoms with E-state index >= 15 is 0 Å². The van der Waals surface area contributed by atoms with Crippen molar-refractivity contribution in [2.24, 2.45) is 0 Å². The molecule has 0 bridgehead atoms. The van der Waals surface area contributed by atoms with Crippen LogP contribution in [0.4, 0.5) is 5.82 Å². The molecule has 4 rings (SSSR count). The first kappa shape index (κ1) is 12.8. The van der Waals surface area contributed by atoms with Crippen LogP contribution >= 0.6 is 0 Å². The van der Waals surface area contributed by atoms with Gasteiger partial charge in [0.2, 0.25) is 0 Å². The summed E-state index contributed by atoms with van der Waals surface area (Å²) in [5, 5.41) is 4.38. The monoisotopic (exact) mass is 289 g/mol. The van der Waals surface area contributed by atoms with Crippen molar-refractivity contribution in [1.82, 2.24) is 9.97 Å². The van der Waals surface area contributed by atoms with Crippen molar-refractivity contribution in [2.75, 3.05) is 5.32 Å². The molecule has 0 radical (unpaired) electrons. The number of hydrogen-bond donors (Lipinski definition) is 1. The number of furan rings is 1. The van der Waals surface area contributed by atoms with Gasteiger partial charge in [-0.15, -0.1) is 0 Å². The van der Waals surface area contributed by atoms with Crippen molar-refractivity contribution >= 4 is 27.9 Å². The summed E-state index contributed by atoms with van der Waals surface area (Å²) in [6.07, 6.45) is 0. The van der Waals surface area contributed by atoms with Crippen molar-refractivity contribution in [3.05, 3.63) is 66.0 Å². The summed E-state index contributed by atoms with van der Waals surface area (Å²) in [6, 6.07) is 18.2. The number of fused-ring (bicyclic) bond motifs is 3. The highest BCUT2D eigenvalue weighted by Gasteiger charge is 2.14. The average molecular weight is 289 g/mol. The van der Waals surface area contributed by atoms with Crippen LogP contribution in [0.1, 0.15) is 11.4 Å². The van der Waals surface area contributed by atoms with Gasteiger partial charge in [0, 0.05) is 11.9 Å². The lowest BCUT2D eigenvalue weighted by atomic mass is 10.2. The Morgan fingerprint density at radius 3 is 2.59 bits per heavy atom. The number of rotatable bonds is 3. The second kappa shape index (κ2) is 5.15. The summed E-state index contributed by atoms with van der Waals surface area (Å²) < 4.78 is 5.94. The van der Waals surface area contributed by atoms with Crippen LogP contribution in [-0.2, 0) is 6.54 Å². The van der Waals surface area contributed by atoms with E-state index in [2.05, 4.69) is 27.4 Å². The van der Waals surface area contributed by atoms with E-state index in [1.165, 1.54) is 5.56 Å². The van der Waals surface area contributed by atoms with E-state index < -0.39 is 0 Å². The van der Waals surface area contributed by atoms with Crippen molar-refractivity contribution in [3.8, 4) is 0 Å². The zero-order valence-electron chi connectivity index (χ0n) is 12.2. The molecule has 0 aliphatic carbocycles. The Bertz CT molecular complexity index is 945. The molecule has 4 aromatic rings. The Hall–Kier alpha value is -2.88. The quantitative estimate of drug-likeness (QED) is 0.611. The summed E-state index contributed by atoms with van der Waals surface area (Å²) in [4.78, 5) is 9.03. The molecule has 2 aromatic carbocycles. The Morgan fingerprint density at radius 1 is 0.955 bits per heavy atom. The number of aromatic nitrogens is 2. The Balaban J connectivity index is 1.79. The number of anilines is 1. The van der Waals surface area contributed by atoms with Gasteiger partial charge in [-0.25, -0.2) is 9.97 Å². The molecular formula is C18H15N3O. The van der Waals surface area contributed by atoms with Gasteiger partial charge in [-0.1, -0.05) is 42.5 Å². The normalized spacial score (nSPS) is 11.1. The molecule has 0 aliphatic rings. The van der Waals surface area contributed by atoms with E-state index in [0.717, 1.165) is 28.1 Å². The Morgan fingerprint density at radius 2 is 1.73 bits per heavy atom. The number of hydrogen-bond acceptors (Lipinski definition) is 4. The SMILES string of the molecule is Cc1nc(NCc2ccccc2)c2oc3ccccc3c2n1. The molecule has 0 aliphatic heterocycles. The van der Waals surface area contributed by atoms with Crippen LogP contribution in [0.3, 0.4) is 0 Å². The fourth-order valence-electron chi connectivity index (χ4n) is 2.60. The van der Waals surface area contributed by atoms with E-state index in [1.54, 1.807) is 0 Å². The van der Waals surface area contributed by atoms with Crippen LogP contribution in [0.5, 0.6) is 0 Å². The molecule has 0 unspecified atom stereocenters. The molecule has 0 saturated heterocycles. The molecule has 2 heterocycles. The van der Waals surface area contributed by atoms with Crippen molar-refractivity contribution < 1.29 is 4.42 Å². The molecule has 4 heteroatoms. The molecule has 0 saturated carbocycles. The van der Waals surface area contributed by atoms with Gasteiger partial charge >= 0.3 is 0 Å². The van der Waals surface area contributed by atoms with Gasteiger partial charge in [0.05, 0.1) is 0 Å². The minimum atomic E-state index is 0.698. The van der Waals surface area contributed by atoms with Crippen LogP contribution in [0, 0.1) is 6.92 Å². The lowest BCUT2D eigenvalue weighted by molar-refractivity contribution is 0.666. The number of nitrogens with one attached hydrogen (secondary N) is 1. The van der Waals surface area contributed by atoms with E-state index in [9.17, 15) is 0 Å². The summed E-state index contributed by atoms with van der Waals surface area (Å²) in [5.74, 6) is 1.47. The number of para-hydroxylation sites is 1. The first-order chi connectivity index (χ1) is 10.8. The van der Waals surface area contributed by atoms with Crippen LogP contribution in [0.15, 0.2) is 59.0 Å². The maximum Gasteiger partial charge on any atom is 0.196 e. The third-order valence-electron chi connectivity index (χ3n) is 3.63. The van der Waals surface area contributed by atoms with Gasteiger partial charge in [0.1, 0.15) is 16.9 Å². The maximum absolute atomic E-state index is 5.94. The smallest absolute Gasteiger partial charge is 0.196 e. The second-order valence-corrected chi connectivity index (χ2v) is 5.23. The third-order valence-corrected chi connectivity index (χ3v) is 3.63. The highest BCUT2D eigenvalue weighted by atomic mass is 16.3. The standard InChI is InChI=1S/C18H15N3O/c1-12-20-16-14-9-5-6-10-15(14)22-17(16)18(21-12)19-11-13-7-3-2-4-8-13/h2-10H,11H2,1H3,(H,19,20,21). The minimum Gasteiger partial charge on any atom is -0.450 e. The molecule has 4 nitrogen and oxygen atoms in total. The van der Waals surface area contributed by atoms with Crippen LogP contribution in [-0.4, -0.2) is 9.97 Å². The molecule has 0 fully saturated rings. The first-order valence-electron chi connectivity index (χ1n) is 7.25. The molecule has 1 N–H and O–H groups in total. The van der Waals surface area contributed by atoms with Crippen molar-refractivity contribution in [3.63, 3.8) is 0 Å². The highest BCUT2D eigenvalue weighted by Crippen LogP contribution is 2.31. The largest absolute Gasteiger partial charge is 0.450 e. The van der Waals surface area contributed by atoms with Gasteiger partial charge < -0.3 is 9.73 Å². The Labute approximate surface area is 127 Å². The van der Waals surface area contributed by atoms with E-state index in [-0.39, 0.29) is 0 Å². The summed E-state index contributed by atoms with van der Waals surface area (Å²) >= 11 is 0. The van der Waals surface area contributed by atoms with E-state index in [1.807, 2.05) is 49.4 Å². The number of aryl methyl sites for hydroxylation is 1. The molecular weight excluding hydrogens is 274 g/mol. The lowest BCUT2D eigenvalue weighted by Gasteiger charge is -2.06. The van der Waals surface area contributed by atoms with E-state index in [0.29, 0.717) is 12.1 Å². The predicted octanol–water partition coefficient (Wildman–Crippen LogP) is 4.30. The van der Waals surface area contributed by atoms with Gasteiger partial charge in [0.15, 0.2) is 11.4 Å². The molecule has 108 valence electrons. The molecule has 0 amide bonds. The fourth-order valence-corrected chi connectivity index (χ4v) is 2.60. The summed E-state index contributed by atoms with van der Waals surface area (Å²) in [5.41, 5.74) is 3.60. The average Bonchev–Trinajstić information content (AvgIpc) is 2.92. The zero-order valence-corrected chi connectivity index (χ0v) is 12.2. The van der Waals surface area contributed by atoms with Crippen molar-refractivity contribution in [1.29, 1.82) is 0 Å². The maximum atomic E-state index is 5.94. The number of benzene rings is 2. The Kier molecular flexibility index (Phi) is 3.00. The van der Waals surface area contributed by atoms with Gasteiger partial charge in [-0.2, -0.15) is 0 Å². The first-order valence-corrected chi connectivity index (χ1v) is 7.25. The van der Waals surface area contributed by atoms with Gasteiger partial charge in [-0.05, 0) is 24.6 Å². The molecule has 0 spiro atoms. The molecule has 2 aromatic heterocycles. The lowest BCUT2D eigenvalue weighted by Crippen LogP contribution is -2.03. The van der Waals surface area contributed by atoms with Gasteiger partial charge in [0.25, 0.3) is 0 Å². The topological polar surface area (TPSA) is 51.0 Å². The predicted molar refractivity (Wildman–Crippen MR) is 87.8 cm³/mol. The highest BCUT2D eigenvalue weighted by molar-refractivity contribution is 6.05. The van der Waals surface area contributed by atoms with Crippen LogP contribution in [0.25, 0.3) is 22.1 Å². The van der Waals surface area contributed by atoms with Gasteiger partial charge in [-0.3, -0.25) is 0 Å².